The second-order valence-electron chi connectivity index (χ2n) is 8.13. The maximum atomic E-state index is 12.5. The highest BCUT2D eigenvalue weighted by Crippen LogP contribution is 2.25. The zero-order valence-corrected chi connectivity index (χ0v) is 19.9. The van der Waals surface area contributed by atoms with Crippen molar-refractivity contribution in [2.75, 3.05) is 18.5 Å². The molecule has 6 heteroatoms. The van der Waals surface area contributed by atoms with E-state index < -0.39 is 0 Å². The molecule has 3 atom stereocenters. The lowest BCUT2D eigenvalue weighted by molar-refractivity contribution is -0.116. The molecule has 0 heterocycles. The van der Waals surface area contributed by atoms with E-state index in [1.807, 2.05) is 48.1 Å². The molecule has 0 spiro atoms. The smallest absolute Gasteiger partial charge is 0.224 e. The number of nitrogens with zero attached hydrogens (tertiary/aromatic N) is 4. The van der Waals surface area contributed by atoms with Gasteiger partial charge in [0.25, 0.3) is 0 Å². The molecule has 0 aliphatic rings. The Hall–Kier alpha value is -1.88. The minimum absolute atomic E-state index is 0.00202. The first-order valence-electron chi connectivity index (χ1n) is 10.4. The number of hydrogen-bond acceptors (Lipinski definition) is 3. The van der Waals surface area contributed by atoms with Crippen molar-refractivity contribution in [2.45, 2.75) is 67.0 Å². The summed E-state index contributed by atoms with van der Waals surface area (Å²) >= 11 is 6.03. The first-order chi connectivity index (χ1) is 13.6. The maximum absolute atomic E-state index is 12.5. The normalized spacial score (nSPS) is 15.4. The van der Waals surface area contributed by atoms with Crippen LogP contribution in [0.2, 0.25) is 5.02 Å². The second-order valence-corrected chi connectivity index (χ2v) is 8.57. The second kappa shape index (κ2) is 12.0. The Labute approximate surface area is 181 Å². The average Bonchev–Trinajstić information content (AvgIpc) is 2.68. The van der Waals surface area contributed by atoms with Crippen molar-refractivity contribution < 1.29 is 4.79 Å². The summed E-state index contributed by atoms with van der Waals surface area (Å²) in [5.74, 6) is 1.05. The van der Waals surface area contributed by atoms with Crippen LogP contribution < -0.4 is 4.90 Å². The largest absolute Gasteiger partial charge is 0.305 e. The highest BCUT2D eigenvalue weighted by atomic mass is 35.5. The Balaban J connectivity index is 2.93. The number of allylic oxidation sites excluding steroid dienone is 1. The van der Waals surface area contributed by atoms with Gasteiger partial charge >= 0.3 is 0 Å². The molecule has 0 saturated heterocycles. The Bertz CT molecular complexity index is 699. The summed E-state index contributed by atoms with van der Waals surface area (Å²) in [5.41, 5.74) is 1.99. The van der Waals surface area contributed by atoms with Crippen LogP contribution in [0.3, 0.4) is 0 Å². The van der Waals surface area contributed by atoms with E-state index in [0.29, 0.717) is 23.4 Å². The lowest BCUT2D eigenvalue weighted by atomic mass is 9.92. The third-order valence-corrected chi connectivity index (χ3v) is 5.91. The van der Waals surface area contributed by atoms with Gasteiger partial charge in [-0.15, -0.1) is 0 Å². The molecule has 0 saturated carbocycles. The fraction of sp³-hybridized carbons (Fsp3) is 0.609. The third-order valence-electron chi connectivity index (χ3n) is 5.66. The highest BCUT2D eigenvalue weighted by Gasteiger charge is 2.24. The summed E-state index contributed by atoms with van der Waals surface area (Å²) in [6, 6.07) is 7.52. The molecule has 0 aliphatic carbocycles. The van der Waals surface area contributed by atoms with Gasteiger partial charge in [-0.1, -0.05) is 49.2 Å². The van der Waals surface area contributed by atoms with Crippen molar-refractivity contribution in [3.05, 3.63) is 40.9 Å². The zero-order valence-electron chi connectivity index (χ0n) is 19.2. The van der Waals surface area contributed by atoms with Crippen molar-refractivity contribution in [1.82, 2.24) is 5.01 Å². The van der Waals surface area contributed by atoms with E-state index in [0.717, 1.165) is 17.7 Å². The number of amides is 1. The topological polar surface area (TPSA) is 48.3 Å². The first-order valence-corrected chi connectivity index (χ1v) is 10.8. The summed E-state index contributed by atoms with van der Waals surface area (Å²) in [6.07, 6.45) is 2.81. The van der Waals surface area contributed by atoms with Crippen LogP contribution in [-0.2, 0) is 4.79 Å². The molecular weight excluding hydrogens is 384 g/mol. The molecular formula is C23H37ClN4O. The van der Waals surface area contributed by atoms with Gasteiger partial charge in [0.2, 0.25) is 5.91 Å². The highest BCUT2D eigenvalue weighted by molar-refractivity contribution is 6.30. The Morgan fingerprint density at radius 3 is 2.21 bits per heavy atom. The quantitative estimate of drug-likeness (QED) is 0.250. The van der Waals surface area contributed by atoms with E-state index >= 15 is 0 Å². The molecule has 0 aromatic heterocycles. The SMILES string of the molecule is C/C=C(\C)C(CCN(C)N=NC(C)[C@H](C)C(C)C)N(C(C)=O)c1ccc(Cl)cc1. The number of anilines is 1. The molecule has 29 heavy (non-hydrogen) atoms. The Kier molecular flexibility index (Phi) is 10.4. The molecule has 0 radical (unpaired) electrons. The van der Waals surface area contributed by atoms with Crippen LogP contribution in [-0.4, -0.2) is 36.6 Å². The van der Waals surface area contributed by atoms with Gasteiger partial charge in [-0.05, 0) is 63.3 Å². The molecule has 2 unspecified atom stereocenters. The van der Waals surface area contributed by atoms with Crippen molar-refractivity contribution in [2.24, 2.45) is 22.2 Å². The molecule has 0 aliphatic heterocycles. The fourth-order valence-electron chi connectivity index (χ4n) is 3.12. The van der Waals surface area contributed by atoms with E-state index in [1.54, 1.807) is 6.92 Å². The van der Waals surface area contributed by atoms with Gasteiger partial charge in [-0.2, -0.15) is 5.11 Å². The van der Waals surface area contributed by atoms with Crippen molar-refractivity contribution in [1.29, 1.82) is 0 Å². The van der Waals surface area contributed by atoms with Gasteiger partial charge in [-0.25, -0.2) is 0 Å². The molecule has 1 aromatic rings. The first kappa shape index (κ1) is 25.2. The minimum atomic E-state index is -0.0525. The molecule has 0 bridgehead atoms. The summed E-state index contributed by atoms with van der Waals surface area (Å²) in [4.78, 5) is 14.3. The summed E-state index contributed by atoms with van der Waals surface area (Å²) in [6.45, 7) is 15.1. The Morgan fingerprint density at radius 1 is 1.14 bits per heavy atom. The lowest BCUT2D eigenvalue weighted by Gasteiger charge is -2.33. The number of carbonyl (C=O) groups is 1. The summed E-state index contributed by atoms with van der Waals surface area (Å²) in [7, 11) is 1.93. The number of benzene rings is 1. The van der Waals surface area contributed by atoms with Gasteiger partial charge in [-0.3, -0.25) is 9.80 Å². The number of hydrogen-bond donors (Lipinski definition) is 0. The maximum Gasteiger partial charge on any atom is 0.224 e. The van der Waals surface area contributed by atoms with E-state index in [1.165, 1.54) is 0 Å². The van der Waals surface area contributed by atoms with Gasteiger partial charge in [0.15, 0.2) is 0 Å². The molecule has 1 aromatic carbocycles. The molecule has 0 fully saturated rings. The van der Waals surface area contributed by atoms with Crippen molar-refractivity contribution >= 4 is 23.2 Å². The van der Waals surface area contributed by atoms with E-state index in [4.69, 9.17) is 11.6 Å². The van der Waals surface area contributed by atoms with Crippen LogP contribution in [0.25, 0.3) is 0 Å². The van der Waals surface area contributed by atoms with Crippen LogP contribution in [0, 0.1) is 11.8 Å². The molecule has 0 N–H and O–H groups in total. The average molecular weight is 421 g/mol. The fourth-order valence-corrected chi connectivity index (χ4v) is 3.25. The lowest BCUT2D eigenvalue weighted by Crippen LogP contribution is -2.41. The number of carbonyl (C=O) groups excluding carboxylic acids is 1. The minimum Gasteiger partial charge on any atom is -0.305 e. The van der Waals surface area contributed by atoms with E-state index in [-0.39, 0.29) is 18.0 Å². The predicted octanol–water partition coefficient (Wildman–Crippen LogP) is 6.40. The molecule has 162 valence electrons. The number of rotatable bonds is 10. The van der Waals surface area contributed by atoms with Crippen LogP contribution in [0.5, 0.6) is 0 Å². The third kappa shape index (κ3) is 7.81. The Morgan fingerprint density at radius 2 is 1.72 bits per heavy atom. The summed E-state index contributed by atoms with van der Waals surface area (Å²) in [5, 5.41) is 11.4. The number of halogens is 1. The van der Waals surface area contributed by atoms with Gasteiger partial charge in [0.1, 0.15) is 0 Å². The van der Waals surface area contributed by atoms with Gasteiger partial charge in [0.05, 0.1) is 12.1 Å². The van der Waals surface area contributed by atoms with Crippen molar-refractivity contribution in [3.63, 3.8) is 0 Å². The van der Waals surface area contributed by atoms with Crippen molar-refractivity contribution in [3.8, 4) is 0 Å². The van der Waals surface area contributed by atoms with E-state index in [9.17, 15) is 4.79 Å². The van der Waals surface area contributed by atoms with Crippen LogP contribution in [0.1, 0.15) is 54.9 Å². The predicted molar refractivity (Wildman–Crippen MR) is 123 cm³/mol. The molecule has 1 rings (SSSR count). The van der Waals surface area contributed by atoms with Crippen LogP contribution in [0.4, 0.5) is 5.69 Å². The summed E-state index contributed by atoms with van der Waals surface area (Å²) < 4.78 is 0. The van der Waals surface area contributed by atoms with Gasteiger partial charge < -0.3 is 4.90 Å². The van der Waals surface area contributed by atoms with Crippen LogP contribution in [0.15, 0.2) is 46.3 Å². The monoisotopic (exact) mass is 420 g/mol. The van der Waals surface area contributed by atoms with Gasteiger partial charge in [0, 0.05) is 31.2 Å². The standard InChI is InChI=1S/C23H37ClN4O/c1-9-17(4)23(28(20(7)29)22-12-10-21(24)11-13-22)14-15-27(8)26-25-19(6)18(5)16(2)3/h9-13,16,18-19,23H,14-15H2,1-8H3/b17-9+,26-25?/t18-,19?,23?/m1/s1. The zero-order chi connectivity index (χ0) is 22.1. The van der Waals surface area contributed by atoms with E-state index in [2.05, 4.69) is 51.0 Å². The van der Waals surface area contributed by atoms with Crippen LogP contribution >= 0.6 is 11.6 Å². The molecule has 1 amide bonds. The molecule has 5 nitrogen and oxygen atoms in total.